The van der Waals surface area contributed by atoms with Crippen LogP contribution in [-0.2, 0) is 4.79 Å². The topological polar surface area (TPSA) is 82.2 Å². The molecular weight excluding hydrogens is 256 g/mol. The molecule has 0 bridgehead atoms. The number of hydrogen-bond donors (Lipinski definition) is 3. The van der Waals surface area contributed by atoms with E-state index in [1.807, 2.05) is 18.3 Å². The fraction of sp³-hybridized carbons (Fsp3) is 0.333. The zero-order valence-electron chi connectivity index (χ0n) is 11.0. The van der Waals surface area contributed by atoms with Crippen LogP contribution in [0.2, 0.25) is 0 Å². The Hall–Kier alpha value is -2.30. The van der Waals surface area contributed by atoms with E-state index in [0.29, 0.717) is 18.4 Å². The van der Waals surface area contributed by atoms with E-state index in [-0.39, 0.29) is 5.91 Å². The highest BCUT2D eigenvalue weighted by Crippen LogP contribution is 2.30. The summed E-state index contributed by atoms with van der Waals surface area (Å²) in [5.41, 5.74) is 0.351. The summed E-state index contributed by atoms with van der Waals surface area (Å²) < 4.78 is 0. The summed E-state index contributed by atoms with van der Waals surface area (Å²) in [6, 6.07) is 7.19. The molecule has 5 nitrogen and oxygen atoms in total. The summed E-state index contributed by atoms with van der Waals surface area (Å²) in [6.07, 6.45) is 4.48. The van der Waals surface area contributed by atoms with Crippen LogP contribution in [-0.4, -0.2) is 27.5 Å². The number of fused-ring (bicyclic) bond motifs is 1. The fourth-order valence-corrected chi connectivity index (χ4v) is 2.85. The lowest BCUT2D eigenvalue weighted by atomic mass is 9.97. The van der Waals surface area contributed by atoms with Crippen molar-refractivity contribution in [3.8, 4) is 0 Å². The quantitative estimate of drug-likeness (QED) is 0.801. The van der Waals surface area contributed by atoms with E-state index >= 15 is 0 Å². The van der Waals surface area contributed by atoms with Gasteiger partial charge in [-0.15, -0.1) is 0 Å². The van der Waals surface area contributed by atoms with Crippen LogP contribution in [0.5, 0.6) is 0 Å². The van der Waals surface area contributed by atoms with Gasteiger partial charge in [-0.1, -0.05) is 12.8 Å². The highest BCUT2D eigenvalue weighted by molar-refractivity contribution is 6.00. The number of carbonyl (C=O) groups excluding carboxylic acids is 1. The van der Waals surface area contributed by atoms with Crippen molar-refractivity contribution in [3.63, 3.8) is 0 Å². The Morgan fingerprint density at radius 2 is 1.95 bits per heavy atom. The maximum absolute atomic E-state index is 12.3. The monoisotopic (exact) mass is 272 g/mol. The van der Waals surface area contributed by atoms with E-state index in [9.17, 15) is 14.7 Å². The van der Waals surface area contributed by atoms with E-state index in [1.165, 1.54) is 0 Å². The summed E-state index contributed by atoms with van der Waals surface area (Å²) in [7, 11) is 0. The van der Waals surface area contributed by atoms with Crippen LogP contribution in [0.4, 0.5) is 0 Å². The number of H-pyrrole nitrogens is 1. The molecule has 1 fully saturated rings. The van der Waals surface area contributed by atoms with Gasteiger partial charge >= 0.3 is 5.97 Å². The van der Waals surface area contributed by atoms with Gasteiger partial charge in [0, 0.05) is 22.7 Å². The summed E-state index contributed by atoms with van der Waals surface area (Å²) >= 11 is 0. The summed E-state index contributed by atoms with van der Waals surface area (Å²) in [6.45, 7) is 0. The molecule has 3 rings (SSSR count). The van der Waals surface area contributed by atoms with Gasteiger partial charge in [0.2, 0.25) is 0 Å². The Balaban J connectivity index is 1.86. The smallest absolute Gasteiger partial charge is 0.329 e. The van der Waals surface area contributed by atoms with E-state index in [1.54, 1.807) is 12.1 Å². The van der Waals surface area contributed by atoms with Gasteiger partial charge in [-0.3, -0.25) is 4.79 Å². The summed E-state index contributed by atoms with van der Waals surface area (Å²) in [5, 5.41) is 13.0. The number of aromatic nitrogens is 1. The molecule has 1 aromatic heterocycles. The second-order valence-electron chi connectivity index (χ2n) is 5.33. The average molecular weight is 272 g/mol. The largest absolute Gasteiger partial charge is 0.480 e. The van der Waals surface area contributed by atoms with Gasteiger partial charge in [0.1, 0.15) is 5.54 Å². The van der Waals surface area contributed by atoms with Crippen LogP contribution in [0.3, 0.4) is 0 Å². The second kappa shape index (κ2) is 4.67. The van der Waals surface area contributed by atoms with Gasteiger partial charge in [-0.2, -0.15) is 0 Å². The van der Waals surface area contributed by atoms with Crippen molar-refractivity contribution in [1.82, 2.24) is 10.3 Å². The Bertz CT molecular complexity index is 669. The molecule has 3 N–H and O–H groups in total. The lowest BCUT2D eigenvalue weighted by molar-refractivity contribution is -0.144. The number of aromatic amines is 1. The molecule has 0 saturated heterocycles. The second-order valence-corrected chi connectivity index (χ2v) is 5.33. The molecule has 0 unspecified atom stereocenters. The first-order chi connectivity index (χ1) is 9.61. The standard InChI is InChI=1S/C15H16N2O3/c18-13(17-15(14(19)20)6-1-2-7-15)11-3-4-12-10(9-11)5-8-16-12/h3-5,8-9,16H,1-2,6-7H2,(H,17,18)(H,19,20). The van der Waals surface area contributed by atoms with Crippen LogP contribution in [0.15, 0.2) is 30.5 Å². The van der Waals surface area contributed by atoms with Crippen molar-refractivity contribution >= 4 is 22.8 Å². The number of rotatable bonds is 3. The molecule has 1 amide bonds. The molecule has 0 spiro atoms. The zero-order valence-corrected chi connectivity index (χ0v) is 11.0. The zero-order chi connectivity index (χ0) is 14.2. The van der Waals surface area contributed by atoms with Crippen LogP contribution in [0.25, 0.3) is 10.9 Å². The van der Waals surface area contributed by atoms with Crippen molar-refractivity contribution in [2.75, 3.05) is 0 Å². The molecule has 0 atom stereocenters. The first-order valence-corrected chi connectivity index (χ1v) is 6.74. The molecule has 1 aliphatic rings. The van der Waals surface area contributed by atoms with Crippen LogP contribution in [0.1, 0.15) is 36.0 Å². The Kier molecular flexibility index (Phi) is 2.97. The first kappa shape index (κ1) is 12.7. The third-order valence-electron chi connectivity index (χ3n) is 4.03. The highest BCUT2D eigenvalue weighted by Gasteiger charge is 2.42. The van der Waals surface area contributed by atoms with Gasteiger partial charge in [0.05, 0.1) is 0 Å². The Morgan fingerprint density at radius 3 is 2.65 bits per heavy atom. The lowest BCUT2D eigenvalue weighted by Gasteiger charge is -2.25. The van der Waals surface area contributed by atoms with E-state index in [2.05, 4.69) is 10.3 Å². The number of hydrogen-bond acceptors (Lipinski definition) is 2. The van der Waals surface area contributed by atoms with Crippen molar-refractivity contribution in [2.45, 2.75) is 31.2 Å². The van der Waals surface area contributed by atoms with Gasteiger partial charge in [0.25, 0.3) is 5.91 Å². The molecule has 20 heavy (non-hydrogen) atoms. The molecule has 1 aliphatic carbocycles. The van der Waals surface area contributed by atoms with E-state index < -0.39 is 11.5 Å². The lowest BCUT2D eigenvalue weighted by Crippen LogP contribution is -2.52. The molecule has 1 saturated carbocycles. The molecule has 104 valence electrons. The molecule has 1 aromatic carbocycles. The van der Waals surface area contributed by atoms with Gasteiger partial charge < -0.3 is 15.4 Å². The van der Waals surface area contributed by atoms with Crippen molar-refractivity contribution in [1.29, 1.82) is 0 Å². The predicted octanol–water partition coefficient (Wildman–Crippen LogP) is 2.30. The maximum Gasteiger partial charge on any atom is 0.329 e. The maximum atomic E-state index is 12.3. The third kappa shape index (κ3) is 2.05. The Morgan fingerprint density at radius 1 is 1.20 bits per heavy atom. The molecule has 2 aromatic rings. The average Bonchev–Trinajstić information content (AvgIpc) is 3.06. The SMILES string of the molecule is O=C(NC1(C(=O)O)CCCC1)c1ccc2[nH]ccc2c1. The summed E-state index contributed by atoms with van der Waals surface area (Å²) in [5.74, 6) is -1.26. The number of carboxylic acids is 1. The van der Waals surface area contributed by atoms with Crippen molar-refractivity contribution < 1.29 is 14.7 Å². The number of amides is 1. The van der Waals surface area contributed by atoms with Crippen LogP contribution in [0, 0.1) is 0 Å². The van der Waals surface area contributed by atoms with Gasteiger partial charge in [0.15, 0.2) is 0 Å². The number of nitrogens with one attached hydrogen (secondary N) is 2. The molecule has 5 heteroatoms. The number of benzene rings is 1. The molecule has 1 heterocycles. The fourth-order valence-electron chi connectivity index (χ4n) is 2.85. The highest BCUT2D eigenvalue weighted by atomic mass is 16.4. The minimum atomic E-state index is -1.09. The predicted molar refractivity (Wildman–Crippen MR) is 74.6 cm³/mol. The molecule has 0 radical (unpaired) electrons. The van der Waals surface area contributed by atoms with E-state index in [4.69, 9.17) is 0 Å². The van der Waals surface area contributed by atoms with Crippen LogP contribution < -0.4 is 5.32 Å². The minimum Gasteiger partial charge on any atom is -0.480 e. The van der Waals surface area contributed by atoms with Crippen molar-refractivity contribution in [3.05, 3.63) is 36.0 Å². The minimum absolute atomic E-state index is 0.322. The third-order valence-corrected chi connectivity index (χ3v) is 4.03. The number of aliphatic carboxylic acids is 1. The summed E-state index contributed by atoms with van der Waals surface area (Å²) in [4.78, 5) is 26.8. The van der Waals surface area contributed by atoms with Gasteiger partial charge in [-0.25, -0.2) is 4.79 Å². The molecule has 0 aliphatic heterocycles. The normalized spacial score (nSPS) is 17.2. The van der Waals surface area contributed by atoms with Crippen LogP contribution >= 0.6 is 0 Å². The van der Waals surface area contributed by atoms with E-state index in [0.717, 1.165) is 23.7 Å². The Labute approximate surface area is 116 Å². The number of carbonyl (C=O) groups is 2. The number of carboxylic acid groups (broad SMARTS) is 1. The first-order valence-electron chi connectivity index (χ1n) is 6.74. The van der Waals surface area contributed by atoms with Crippen molar-refractivity contribution in [2.24, 2.45) is 0 Å². The van der Waals surface area contributed by atoms with Gasteiger partial charge in [-0.05, 0) is 37.1 Å². The molecular formula is C15H16N2O3.